The van der Waals surface area contributed by atoms with E-state index in [4.69, 9.17) is 10.2 Å². The molecule has 0 radical (unpaired) electrons. The predicted molar refractivity (Wildman–Crippen MR) is 111 cm³/mol. The van der Waals surface area contributed by atoms with Crippen LogP contribution in [0.5, 0.6) is 0 Å². The molecule has 0 aliphatic carbocycles. The van der Waals surface area contributed by atoms with E-state index in [1.165, 1.54) is 26.7 Å². The number of hydrogen-bond acceptors (Lipinski definition) is 3. The summed E-state index contributed by atoms with van der Waals surface area (Å²) < 4.78 is 3.47. The number of rotatable bonds is 3. The lowest BCUT2D eigenvalue weighted by Crippen LogP contribution is -1.97. The highest BCUT2D eigenvalue weighted by molar-refractivity contribution is 7.21. The molecule has 3 aromatic carbocycles. The average molecular weight is 365 g/mol. The molecule has 0 fully saturated rings. The number of thiazole rings is 1. The summed E-state index contributed by atoms with van der Waals surface area (Å²) >= 11 is 1.73. The number of nitrogens with zero attached hydrogens (tertiary/aromatic N) is 3. The largest absolute Gasteiger partial charge is 0.342 e. The molecule has 0 spiro atoms. The van der Waals surface area contributed by atoms with Crippen LogP contribution in [0, 0.1) is 11.3 Å². The van der Waals surface area contributed by atoms with Gasteiger partial charge in [0.25, 0.3) is 0 Å². The third kappa shape index (κ3) is 2.79. The van der Waals surface area contributed by atoms with Gasteiger partial charge >= 0.3 is 0 Å². The minimum atomic E-state index is 0.686. The molecule has 0 bridgehead atoms. The van der Waals surface area contributed by atoms with Gasteiger partial charge in [-0.05, 0) is 35.9 Å². The van der Waals surface area contributed by atoms with E-state index in [1.54, 1.807) is 11.3 Å². The standard InChI is InChI=1S/C23H15N3S/c24-13-16-9-11-17(12-10-16)14-26-15-19(18-5-1-3-7-21(18)26)23-25-20-6-2-4-8-22(20)27-23/h1-12,15H,14H2. The molecular weight excluding hydrogens is 350 g/mol. The fraction of sp³-hybridized carbons (Fsp3) is 0.0435. The summed E-state index contributed by atoms with van der Waals surface area (Å²) in [6, 6.07) is 26.7. The molecule has 0 saturated heterocycles. The maximum Gasteiger partial charge on any atom is 0.126 e. The van der Waals surface area contributed by atoms with Crippen molar-refractivity contribution in [2.75, 3.05) is 0 Å². The van der Waals surface area contributed by atoms with Gasteiger partial charge < -0.3 is 4.57 Å². The zero-order valence-electron chi connectivity index (χ0n) is 14.5. The number of benzene rings is 3. The number of nitriles is 1. The Labute approximate surface area is 160 Å². The molecule has 0 aliphatic heterocycles. The smallest absolute Gasteiger partial charge is 0.126 e. The fourth-order valence-electron chi connectivity index (χ4n) is 3.42. The van der Waals surface area contributed by atoms with Gasteiger partial charge in [0.1, 0.15) is 5.01 Å². The Kier molecular flexibility index (Phi) is 3.74. The summed E-state index contributed by atoms with van der Waals surface area (Å²) in [5, 5.41) is 11.2. The molecule has 0 aliphatic rings. The van der Waals surface area contributed by atoms with E-state index in [9.17, 15) is 0 Å². The second kappa shape index (κ2) is 6.39. The summed E-state index contributed by atoms with van der Waals surface area (Å²) in [7, 11) is 0. The van der Waals surface area contributed by atoms with Crippen LogP contribution in [0.25, 0.3) is 31.7 Å². The van der Waals surface area contributed by atoms with Crippen molar-refractivity contribution < 1.29 is 0 Å². The molecule has 27 heavy (non-hydrogen) atoms. The Balaban J connectivity index is 1.62. The van der Waals surface area contributed by atoms with Gasteiger partial charge in [-0.3, -0.25) is 0 Å². The third-order valence-electron chi connectivity index (χ3n) is 4.75. The molecular formula is C23H15N3S. The lowest BCUT2D eigenvalue weighted by molar-refractivity contribution is 0.837. The Morgan fingerprint density at radius 3 is 2.52 bits per heavy atom. The SMILES string of the molecule is N#Cc1ccc(Cn2cc(-c3nc4ccccc4s3)c3ccccc32)cc1. The maximum atomic E-state index is 8.99. The molecule has 2 heterocycles. The highest BCUT2D eigenvalue weighted by Gasteiger charge is 2.14. The van der Waals surface area contributed by atoms with E-state index in [-0.39, 0.29) is 0 Å². The van der Waals surface area contributed by atoms with Crippen molar-refractivity contribution >= 4 is 32.5 Å². The maximum absolute atomic E-state index is 8.99. The van der Waals surface area contributed by atoms with Gasteiger partial charge in [-0.2, -0.15) is 5.26 Å². The van der Waals surface area contributed by atoms with Gasteiger partial charge in [0.15, 0.2) is 0 Å². The molecule has 3 nitrogen and oxygen atoms in total. The topological polar surface area (TPSA) is 41.6 Å². The minimum Gasteiger partial charge on any atom is -0.342 e. The van der Waals surface area contributed by atoms with Crippen molar-refractivity contribution in [1.82, 2.24) is 9.55 Å². The van der Waals surface area contributed by atoms with Crippen molar-refractivity contribution in [2.45, 2.75) is 6.54 Å². The van der Waals surface area contributed by atoms with Crippen LogP contribution in [0.3, 0.4) is 0 Å². The van der Waals surface area contributed by atoms with Crippen LogP contribution in [0.4, 0.5) is 0 Å². The highest BCUT2D eigenvalue weighted by Crippen LogP contribution is 2.36. The van der Waals surface area contributed by atoms with E-state index in [0.717, 1.165) is 17.1 Å². The van der Waals surface area contributed by atoms with Gasteiger partial charge in [-0.1, -0.05) is 42.5 Å². The molecule has 0 atom stereocenters. The first kappa shape index (κ1) is 15.8. The number of para-hydroxylation sites is 2. The van der Waals surface area contributed by atoms with E-state index < -0.39 is 0 Å². The van der Waals surface area contributed by atoms with E-state index in [1.807, 2.05) is 30.3 Å². The molecule has 128 valence electrons. The summed E-state index contributed by atoms with van der Waals surface area (Å²) in [5.74, 6) is 0. The predicted octanol–water partition coefficient (Wildman–Crippen LogP) is 5.84. The van der Waals surface area contributed by atoms with Gasteiger partial charge in [-0.25, -0.2) is 4.98 Å². The molecule has 2 aromatic heterocycles. The molecule has 5 aromatic rings. The molecule has 0 N–H and O–H groups in total. The molecule has 4 heteroatoms. The lowest BCUT2D eigenvalue weighted by Gasteiger charge is -2.05. The van der Waals surface area contributed by atoms with Gasteiger partial charge in [0.05, 0.1) is 21.8 Å². The van der Waals surface area contributed by atoms with Crippen molar-refractivity contribution in [3.05, 3.63) is 90.1 Å². The number of hydrogen-bond donors (Lipinski definition) is 0. The summed E-state index contributed by atoms with van der Waals surface area (Å²) in [5.41, 5.74) is 5.26. The molecule has 0 saturated carbocycles. The molecule has 0 unspecified atom stereocenters. The van der Waals surface area contributed by atoms with Crippen molar-refractivity contribution in [3.8, 4) is 16.6 Å². The van der Waals surface area contributed by atoms with Crippen LogP contribution in [-0.4, -0.2) is 9.55 Å². The van der Waals surface area contributed by atoms with E-state index >= 15 is 0 Å². The second-order valence-electron chi connectivity index (χ2n) is 6.48. The average Bonchev–Trinajstić information content (AvgIpc) is 3.30. The minimum absolute atomic E-state index is 0.686. The van der Waals surface area contributed by atoms with Gasteiger partial charge in [0, 0.05) is 29.2 Å². The Morgan fingerprint density at radius 1 is 0.926 bits per heavy atom. The third-order valence-corrected chi connectivity index (χ3v) is 5.82. The zero-order chi connectivity index (χ0) is 18.2. The Bertz CT molecular complexity index is 1270. The first-order chi connectivity index (χ1) is 13.3. The van der Waals surface area contributed by atoms with Crippen LogP contribution in [0.1, 0.15) is 11.1 Å². The van der Waals surface area contributed by atoms with E-state index in [2.05, 4.69) is 59.3 Å². The van der Waals surface area contributed by atoms with Gasteiger partial charge in [0.2, 0.25) is 0 Å². The van der Waals surface area contributed by atoms with Crippen molar-refractivity contribution in [3.63, 3.8) is 0 Å². The summed E-state index contributed by atoms with van der Waals surface area (Å²) in [6.45, 7) is 0.761. The zero-order valence-corrected chi connectivity index (χ0v) is 15.3. The monoisotopic (exact) mass is 365 g/mol. The van der Waals surface area contributed by atoms with Crippen LogP contribution < -0.4 is 0 Å². The fourth-order valence-corrected chi connectivity index (χ4v) is 4.41. The lowest BCUT2D eigenvalue weighted by atomic mass is 10.1. The number of aromatic nitrogens is 2. The second-order valence-corrected chi connectivity index (χ2v) is 7.51. The van der Waals surface area contributed by atoms with Crippen LogP contribution >= 0.6 is 11.3 Å². The van der Waals surface area contributed by atoms with E-state index in [0.29, 0.717) is 5.56 Å². The Hall–Kier alpha value is -3.42. The molecule has 0 amide bonds. The first-order valence-corrected chi connectivity index (χ1v) is 9.56. The highest BCUT2D eigenvalue weighted by atomic mass is 32.1. The van der Waals surface area contributed by atoms with Crippen molar-refractivity contribution in [2.24, 2.45) is 0 Å². The van der Waals surface area contributed by atoms with Crippen LogP contribution in [0.15, 0.2) is 79.0 Å². The van der Waals surface area contributed by atoms with Gasteiger partial charge in [-0.15, -0.1) is 11.3 Å². The van der Waals surface area contributed by atoms with Crippen LogP contribution in [-0.2, 0) is 6.54 Å². The summed E-state index contributed by atoms with van der Waals surface area (Å²) in [6.07, 6.45) is 2.20. The Morgan fingerprint density at radius 2 is 1.70 bits per heavy atom. The van der Waals surface area contributed by atoms with Crippen LogP contribution in [0.2, 0.25) is 0 Å². The number of fused-ring (bicyclic) bond motifs is 2. The first-order valence-electron chi connectivity index (χ1n) is 8.75. The summed E-state index contributed by atoms with van der Waals surface area (Å²) in [4.78, 5) is 4.85. The quantitative estimate of drug-likeness (QED) is 0.403. The normalized spacial score (nSPS) is 11.1. The molecule has 5 rings (SSSR count). The van der Waals surface area contributed by atoms with Crippen molar-refractivity contribution in [1.29, 1.82) is 5.26 Å².